The molecule has 2 aromatic carbocycles. The summed E-state index contributed by atoms with van der Waals surface area (Å²) in [6.07, 6.45) is -1.62. The van der Waals surface area contributed by atoms with Crippen LogP contribution in [0.15, 0.2) is 42.5 Å². The zero-order valence-electron chi connectivity index (χ0n) is 23.2. The van der Waals surface area contributed by atoms with E-state index in [1.165, 1.54) is 17.2 Å². The Morgan fingerprint density at radius 1 is 1.02 bits per heavy atom. The van der Waals surface area contributed by atoms with Gasteiger partial charge in [0, 0.05) is 51.9 Å². The first-order valence-electron chi connectivity index (χ1n) is 13.6. The number of likely N-dealkylation sites (tertiary alicyclic amines) is 2. The molecule has 0 aliphatic carbocycles. The smallest absolute Gasteiger partial charge is 0.423 e. The lowest BCUT2D eigenvalue weighted by molar-refractivity contribution is -0.388. The van der Waals surface area contributed by atoms with Gasteiger partial charge < -0.3 is 19.6 Å². The highest BCUT2D eigenvalue weighted by Crippen LogP contribution is 2.38. The summed E-state index contributed by atoms with van der Waals surface area (Å²) in [7, 11) is 0. The predicted molar refractivity (Wildman–Crippen MR) is 153 cm³/mol. The summed E-state index contributed by atoms with van der Waals surface area (Å²) in [5.74, 6) is -0.250. The average Bonchev–Trinajstić information content (AvgIpc) is 2.92. The summed E-state index contributed by atoms with van der Waals surface area (Å²) in [5, 5.41) is 18.3. The number of hydrogen-bond donors (Lipinski definition) is 1. The molecule has 4 rings (SSSR count). The Balaban J connectivity index is 0.00000116. The molecule has 1 N–H and O–H groups in total. The molecule has 2 aromatic rings. The minimum Gasteiger partial charge on any atom is -0.490 e. The van der Waals surface area contributed by atoms with Crippen molar-refractivity contribution in [2.24, 2.45) is 0 Å². The van der Waals surface area contributed by atoms with E-state index in [2.05, 4.69) is 36.1 Å². The van der Waals surface area contributed by atoms with Gasteiger partial charge in [-0.05, 0) is 56.5 Å². The number of carboxylic acid groups (broad SMARTS) is 1. The minimum absolute atomic E-state index is 0. The third kappa shape index (κ3) is 10.3. The lowest BCUT2D eigenvalue weighted by Gasteiger charge is -2.34. The number of hydrogen-bond acceptors (Lipinski definition) is 6. The molecular formula is C30H40F3N3O6. The van der Waals surface area contributed by atoms with Crippen LogP contribution < -0.4 is 4.74 Å². The number of nitro benzene ring substituents is 1. The van der Waals surface area contributed by atoms with E-state index in [0.717, 1.165) is 45.5 Å². The van der Waals surface area contributed by atoms with Crippen LogP contribution in [0.3, 0.4) is 0 Å². The summed E-state index contributed by atoms with van der Waals surface area (Å²) < 4.78 is 45.3. The van der Waals surface area contributed by atoms with Crippen LogP contribution in [0.5, 0.6) is 5.75 Å². The van der Waals surface area contributed by atoms with Crippen LogP contribution in [0.4, 0.5) is 18.9 Å². The van der Waals surface area contributed by atoms with E-state index < -0.39 is 28.3 Å². The Morgan fingerprint density at radius 3 is 2.12 bits per heavy atom. The number of carboxylic acids is 1. The quantitative estimate of drug-likeness (QED) is 0.296. The topological polar surface area (TPSA) is 113 Å². The summed E-state index contributed by atoms with van der Waals surface area (Å²) >= 11 is 0. The molecule has 0 aromatic heterocycles. The highest BCUT2D eigenvalue weighted by molar-refractivity contribution is 5.76. The van der Waals surface area contributed by atoms with Crippen LogP contribution in [0, 0.1) is 17.0 Å². The maximum Gasteiger partial charge on any atom is 0.423 e. The lowest BCUT2D eigenvalue weighted by atomic mass is 9.89. The third-order valence-electron chi connectivity index (χ3n) is 7.35. The number of ether oxygens (including phenoxy) is 1. The van der Waals surface area contributed by atoms with Gasteiger partial charge in [0.2, 0.25) is 5.91 Å². The van der Waals surface area contributed by atoms with Gasteiger partial charge in [-0.25, -0.2) is 0 Å². The van der Waals surface area contributed by atoms with Gasteiger partial charge in [-0.3, -0.25) is 19.7 Å². The zero-order valence-corrected chi connectivity index (χ0v) is 23.2. The van der Waals surface area contributed by atoms with Gasteiger partial charge >= 0.3 is 6.18 Å². The van der Waals surface area contributed by atoms with E-state index in [4.69, 9.17) is 14.6 Å². The largest absolute Gasteiger partial charge is 0.490 e. The highest BCUT2D eigenvalue weighted by atomic mass is 19.4. The second-order valence-electron chi connectivity index (χ2n) is 10.4. The molecule has 9 nitrogen and oxygen atoms in total. The molecule has 2 aliphatic heterocycles. The molecule has 0 unspecified atom stereocenters. The Bertz CT molecular complexity index is 1190. The number of nitrogens with zero attached hydrogens (tertiary/aromatic N) is 3. The number of nitro groups is 1. The fourth-order valence-corrected chi connectivity index (χ4v) is 5.13. The van der Waals surface area contributed by atoms with E-state index in [1.54, 1.807) is 4.90 Å². The Morgan fingerprint density at radius 2 is 1.60 bits per heavy atom. The summed E-state index contributed by atoms with van der Waals surface area (Å²) in [6, 6.07) is 11.4. The first-order chi connectivity index (χ1) is 19.3. The molecule has 0 bridgehead atoms. The molecule has 2 saturated heterocycles. The molecule has 1 amide bonds. The van der Waals surface area contributed by atoms with Crippen LogP contribution in [0.2, 0.25) is 0 Å². The first-order valence-corrected chi connectivity index (χ1v) is 13.6. The van der Waals surface area contributed by atoms with E-state index >= 15 is 0 Å². The molecule has 12 heteroatoms. The molecule has 0 radical (unpaired) electrons. The molecular weight excluding hydrogens is 555 g/mol. The van der Waals surface area contributed by atoms with Crippen molar-refractivity contribution in [1.29, 1.82) is 0 Å². The second kappa shape index (κ2) is 15.5. The van der Waals surface area contributed by atoms with Crippen molar-refractivity contribution in [3.8, 4) is 5.75 Å². The molecule has 0 saturated carbocycles. The standard InChI is InChI=1S/C27H32F3N3O4.C2H4O2.CH4/c1-19-2-4-20(5-3-19)21-8-13-31(14-9-21)15-12-26(34)32-16-10-22(11-17-32)37-23-6-7-25(33(35)36)24(18-23)27(28,29)30;1-2(3)4;/h2-7,18,21-22H,8-17H2,1H3;1H3,(H,3,4);1H4. The van der Waals surface area contributed by atoms with Crippen LogP contribution in [0.1, 0.15) is 69.1 Å². The number of amides is 1. The molecule has 232 valence electrons. The molecule has 2 heterocycles. The molecule has 42 heavy (non-hydrogen) atoms. The minimum atomic E-state index is -4.85. The number of rotatable bonds is 7. The van der Waals surface area contributed by atoms with Gasteiger partial charge in [-0.1, -0.05) is 37.3 Å². The fourth-order valence-electron chi connectivity index (χ4n) is 5.13. The van der Waals surface area contributed by atoms with Crippen molar-refractivity contribution in [2.75, 3.05) is 32.7 Å². The van der Waals surface area contributed by atoms with Crippen molar-refractivity contribution in [3.63, 3.8) is 0 Å². The summed E-state index contributed by atoms with van der Waals surface area (Å²) in [6.45, 7) is 6.77. The van der Waals surface area contributed by atoms with Gasteiger partial charge in [0.05, 0.1) is 4.92 Å². The number of carbonyl (C=O) groups is 2. The monoisotopic (exact) mass is 595 g/mol. The number of benzene rings is 2. The average molecular weight is 596 g/mol. The van der Waals surface area contributed by atoms with Crippen LogP contribution >= 0.6 is 0 Å². The lowest BCUT2D eigenvalue weighted by Crippen LogP contribution is -2.43. The summed E-state index contributed by atoms with van der Waals surface area (Å²) in [4.78, 5) is 35.8. The number of piperidine rings is 2. The second-order valence-corrected chi connectivity index (χ2v) is 10.4. The molecule has 0 spiro atoms. The SMILES string of the molecule is C.CC(=O)O.Cc1ccc(C2CCN(CCC(=O)N3CCC(Oc4ccc([N+](=O)[O-])c(C(F)(F)F)c4)CC3)CC2)cc1. The van der Waals surface area contributed by atoms with Gasteiger partial charge in [0.15, 0.2) is 0 Å². The van der Waals surface area contributed by atoms with Gasteiger partial charge in [-0.2, -0.15) is 13.2 Å². The number of halogens is 3. The van der Waals surface area contributed by atoms with Crippen molar-refractivity contribution in [2.45, 2.75) is 71.6 Å². The van der Waals surface area contributed by atoms with Crippen LogP contribution in [0.25, 0.3) is 0 Å². The Hall–Kier alpha value is -3.67. The first kappa shape index (κ1) is 34.5. The van der Waals surface area contributed by atoms with Crippen molar-refractivity contribution in [3.05, 3.63) is 69.3 Å². The Kier molecular flexibility index (Phi) is 12.8. The normalized spacial score (nSPS) is 16.5. The van der Waals surface area contributed by atoms with Gasteiger partial charge in [0.25, 0.3) is 11.7 Å². The zero-order chi connectivity index (χ0) is 30.2. The molecule has 2 fully saturated rings. The number of aliphatic carboxylic acids is 1. The van der Waals surface area contributed by atoms with E-state index in [-0.39, 0.29) is 25.2 Å². The van der Waals surface area contributed by atoms with Gasteiger partial charge in [-0.15, -0.1) is 0 Å². The number of alkyl halides is 3. The molecule has 2 aliphatic rings. The third-order valence-corrected chi connectivity index (χ3v) is 7.35. The van der Waals surface area contributed by atoms with E-state index in [0.29, 0.717) is 44.3 Å². The summed E-state index contributed by atoms with van der Waals surface area (Å²) in [5.41, 5.74) is 0.317. The van der Waals surface area contributed by atoms with Gasteiger partial charge in [0.1, 0.15) is 17.4 Å². The maximum absolute atomic E-state index is 13.2. The molecule has 0 atom stereocenters. The Labute approximate surface area is 244 Å². The van der Waals surface area contributed by atoms with Crippen molar-refractivity contribution in [1.82, 2.24) is 9.80 Å². The fraction of sp³-hybridized carbons (Fsp3) is 0.533. The highest BCUT2D eigenvalue weighted by Gasteiger charge is 2.39. The maximum atomic E-state index is 13.2. The van der Waals surface area contributed by atoms with E-state index in [1.807, 2.05) is 0 Å². The van der Waals surface area contributed by atoms with Crippen molar-refractivity contribution >= 4 is 17.6 Å². The number of aryl methyl sites for hydroxylation is 1. The van der Waals surface area contributed by atoms with Crippen LogP contribution in [-0.2, 0) is 15.8 Å². The van der Waals surface area contributed by atoms with Crippen molar-refractivity contribution < 1.29 is 37.5 Å². The number of carbonyl (C=O) groups excluding carboxylic acids is 1. The predicted octanol–water partition coefficient (Wildman–Crippen LogP) is 6.29. The van der Waals surface area contributed by atoms with E-state index in [9.17, 15) is 28.1 Å². The van der Waals surface area contributed by atoms with Crippen LogP contribution in [-0.4, -0.2) is 70.5 Å².